The molecule has 6 heteroatoms. The molecule has 1 heterocycles. The van der Waals surface area contributed by atoms with Gasteiger partial charge in [-0.2, -0.15) is 0 Å². The van der Waals surface area contributed by atoms with Crippen molar-refractivity contribution in [2.24, 2.45) is 0 Å². The molecule has 1 N–H and O–H groups in total. The lowest BCUT2D eigenvalue weighted by Gasteiger charge is -2.25. The summed E-state index contributed by atoms with van der Waals surface area (Å²) in [6.07, 6.45) is -0.107. The number of para-hydroxylation sites is 1. The van der Waals surface area contributed by atoms with Crippen LogP contribution in [0.1, 0.15) is 36.4 Å². The zero-order chi connectivity index (χ0) is 16.4. The van der Waals surface area contributed by atoms with Crippen LogP contribution in [0.15, 0.2) is 22.6 Å². The van der Waals surface area contributed by atoms with Gasteiger partial charge in [0.05, 0.1) is 11.4 Å². The molecular formula is C16H18ClNO4. The third-order valence-corrected chi connectivity index (χ3v) is 3.86. The molecule has 0 fully saturated rings. The summed E-state index contributed by atoms with van der Waals surface area (Å²) in [5.41, 5.74) is 1.19. The lowest BCUT2D eigenvalue weighted by Crippen LogP contribution is -2.38. The molecule has 0 bridgehead atoms. The van der Waals surface area contributed by atoms with Crippen molar-refractivity contribution in [1.82, 2.24) is 4.90 Å². The highest BCUT2D eigenvalue weighted by Gasteiger charge is 2.26. The van der Waals surface area contributed by atoms with Crippen LogP contribution in [-0.2, 0) is 4.79 Å². The summed E-state index contributed by atoms with van der Waals surface area (Å²) in [5.74, 6) is -1.05. The van der Waals surface area contributed by atoms with Crippen LogP contribution in [0.25, 0.3) is 11.0 Å². The van der Waals surface area contributed by atoms with Crippen LogP contribution in [0.2, 0.25) is 5.02 Å². The van der Waals surface area contributed by atoms with E-state index < -0.39 is 5.97 Å². The molecule has 0 aliphatic rings. The molecule has 0 unspecified atom stereocenters. The summed E-state index contributed by atoms with van der Waals surface area (Å²) in [5, 5.41) is 10.1. The number of carbonyl (C=O) groups excluding carboxylic acids is 1. The maximum Gasteiger partial charge on any atom is 0.305 e. The first-order valence-corrected chi connectivity index (χ1v) is 7.41. The largest absolute Gasteiger partial charge is 0.481 e. The number of furan rings is 1. The first kappa shape index (κ1) is 16.4. The lowest BCUT2D eigenvalue weighted by atomic mass is 10.1. The summed E-state index contributed by atoms with van der Waals surface area (Å²) in [6.45, 7) is 5.61. The number of hydrogen-bond donors (Lipinski definition) is 1. The quantitative estimate of drug-likeness (QED) is 0.910. The first-order chi connectivity index (χ1) is 10.3. The number of hydrogen-bond acceptors (Lipinski definition) is 3. The zero-order valence-electron chi connectivity index (χ0n) is 12.7. The van der Waals surface area contributed by atoms with Gasteiger partial charge in [-0.15, -0.1) is 0 Å². The molecule has 0 spiro atoms. The molecule has 2 aromatic rings. The van der Waals surface area contributed by atoms with Crippen molar-refractivity contribution in [2.75, 3.05) is 6.54 Å². The number of benzene rings is 1. The molecule has 0 radical (unpaired) electrons. The highest BCUT2D eigenvalue weighted by atomic mass is 35.5. The van der Waals surface area contributed by atoms with Gasteiger partial charge >= 0.3 is 5.97 Å². The molecule has 0 atom stereocenters. The van der Waals surface area contributed by atoms with Gasteiger partial charge in [-0.3, -0.25) is 9.59 Å². The van der Waals surface area contributed by atoms with Crippen LogP contribution in [-0.4, -0.2) is 34.5 Å². The van der Waals surface area contributed by atoms with Crippen LogP contribution in [0.4, 0.5) is 0 Å². The summed E-state index contributed by atoms with van der Waals surface area (Å²) in [6, 6.07) is 5.21. The van der Waals surface area contributed by atoms with Crippen molar-refractivity contribution >= 4 is 34.4 Å². The number of amides is 1. The number of carbonyl (C=O) groups is 2. The predicted molar refractivity (Wildman–Crippen MR) is 84.4 cm³/mol. The van der Waals surface area contributed by atoms with Gasteiger partial charge < -0.3 is 14.4 Å². The highest BCUT2D eigenvalue weighted by Crippen LogP contribution is 2.31. The van der Waals surface area contributed by atoms with Crippen LogP contribution in [0, 0.1) is 6.92 Å². The number of fused-ring (bicyclic) bond motifs is 1. The highest BCUT2D eigenvalue weighted by molar-refractivity contribution is 6.35. The summed E-state index contributed by atoms with van der Waals surface area (Å²) in [4.78, 5) is 24.9. The van der Waals surface area contributed by atoms with E-state index in [9.17, 15) is 9.59 Å². The molecule has 22 heavy (non-hydrogen) atoms. The minimum absolute atomic E-state index is 0.107. The van der Waals surface area contributed by atoms with Crippen molar-refractivity contribution in [3.8, 4) is 0 Å². The average molecular weight is 324 g/mol. The van der Waals surface area contributed by atoms with Gasteiger partial charge in [-0.1, -0.05) is 23.7 Å². The van der Waals surface area contributed by atoms with Crippen LogP contribution < -0.4 is 0 Å². The van der Waals surface area contributed by atoms with E-state index in [2.05, 4.69) is 0 Å². The Labute approximate surface area is 133 Å². The van der Waals surface area contributed by atoms with E-state index in [1.54, 1.807) is 19.1 Å². The fourth-order valence-electron chi connectivity index (χ4n) is 2.35. The number of carboxylic acid groups (broad SMARTS) is 1. The molecule has 2 rings (SSSR count). The third-order valence-electron chi connectivity index (χ3n) is 3.56. The summed E-state index contributed by atoms with van der Waals surface area (Å²) < 4.78 is 5.66. The Balaban J connectivity index is 2.40. The van der Waals surface area contributed by atoms with E-state index in [4.69, 9.17) is 21.1 Å². The number of aliphatic carboxylic acids is 1. The minimum atomic E-state index is -0.942. The number of halogens is 1. The van der Waals surface area contributed by atoms with Gasteiger partial charge in [0.15, 0.2) is 11.3 Å². The molecule has 0 saturated carbocycles. The van der Waals surface area contributed by atoms with Crippen molar-refractivity contribution in [2.45, 2.75) is 33.2 Å². The average Bonchev–Trinajstić information content (AvgIpc) is 2.77. The number of aryl methyl sites for hydroxylation is 1. The number of rotatable bonds is 5. The molecule has 0 saturated heterocycles. The van der Waals surface area contributed by atoms with Crippen LogP contribution in [0.5, 0.6) is 0 Å². The molecule has 118 valence electrons. The maximum atomic E-state index is 12.7. The van der Waals surface area contributed by atoms with E-state index >= 15 is 0 Å². The molecule has 1 amide bonds. The lowest BCUT2D eigenvalue weighted by molar-refractivity contribution is -0.137. The van der Waals surface area contributed by atoms with E-state index in [0.29, 0.717) is 16.2 Å². The van der Waals surface area contributed by atoms with Crippen LogP contribution >= 0.6 is 11.6 Å². The van der Waals surface area contributed by atoms with Gasteiger partial charge in [-0.25, -0.2) is 0 Å². The molecular weight excluding hydrogens is 306 g/mol. The fourth-order valence-corrected chi connectivity index (χ4v) is 2.57. The maximum absolute atomic E-state index is 12.7. The summed E-state index contributed by atoms with van der Waals surface area (Å²) in [7, 11) is 0. The van der Waals surface area contributed by atoms with Crippen LogP contribution in [0.3, 0.4) is 0 Å². The topological polar surface area (TPSA) is 70.8 Å². The normalized spacial score (nSPS) is 11.1. The van der Waals surface area contributed by atoms with E-state index in [0.717, 1.165) is 5.39 Å². The first-order valence-electron chi connectivity index (χ1n) is 7.03. The molecule has 5 nitrogen and oxygen atoms in total. The standard InChI is InChI=1S/C16H18ClNO4/c1-9(2)18(8-7-13(19)20)16(21)14-10(3)11-5-4-6-12(17)15(11)22-14/h4-6,9H,7-8H2,1-3H3,(H,19,20). The number of nitrogens with zero attached hydrogens (tertiary/aromatic N) is 1. The van der Waals surface area contributed by atoms with Gasteiger partial charge in [0.2, 0.25) is 0 Å². The Kier molecular flexibility index (Phi) is 4.76. The second-order valence-corrected chi connectivity index (χ2v) is 5.82. The van der Waals surface area contributed by atoms with Gasteiger partial charge in [0, 0.05) is 23.5 Å². The monoisotopic (exact) mass is 323 g/mol. The SMILES string of the molecule is Cc1c(C(=O)N(CCC(=O)O)C(C)C)oc2c(Cl)cccc12. The third kappa shape index (κ3) is 3.09. The Bertz CT molecular complexity index is 720. The Morgan fingerprint density at radius 1 is 1.36 bits per heavy atom. The summed E-state index contributed by atoms with van der Waals surface area (Å²) >= 11 is 6.10. The molecule has 1 aromatic carbocycles. The van der Waals surface area contributed by atoms with Gasteiger partial charge in [0.25, 0.3) is 5.91 Å². The Hall–Kier alpha value is -2.01. The molecule has 1 aromatic heterocycles. The number of carboxylic acids is 1. The molecule has 0 aliphatic carbocycles. The smallest absolute Gasteiger partial charge is 0.305 e. The van der Waals surface area contributed by atoms with Crippen molar-refractivity contribution in [3.63, 3.8) is 0 Å². The van der Waals surface area contributed by atoms with E-state index in [1.807, 2.05) is 19.9 Å². The van der Waals surface area contributed by atoms with Gasteiger partial charge in [-0.05, 0) is 26.8 Å². The van der Waals surface area contributed by atoms with Crippen molar-refractivity contribution in [1.29, 1.82) is 0 Å². The molecule has 0 aliphatic heterocycles. The predicted octanol–water partition coefficient (Wildman–Crippen LogP) is 3.72. The fraction of sp³-hybridized carbons (Fsp3) is 0.375. The Morgan fingerprint density at radius 3 is 2.59 bits per heavy atom. The second kappa shape index (κ2) is 6.40. The second-order valence-electron chi connectivity index (χ2n) is 5.41. The zero-order valence-corrected chi connectivity index (χ0v) is 13.5. The van der Waals surface area contributed by atoms with Gasteiger partial charge in [0.1, 0.15) is 0 Å². The van der Waals surface area contributed by atoms with Crippen molar-refractivity contribution < 1.29 is 19.1 Å². The Morgan fingerprint density at radius 2 is 2.05 bits per heavy atom. The van der Waals surface area contributed by atoms with Crippen molar-refractivity contribution in [3.05, 3.63) is 34.5 Å². The minimum Gasteiger partial charge on any atom is -0.481 e. The van der Waals surface area contributed by atoms with E-state index in [-0.39, 0.29) is 30.7 Å². The van der Waals surface area contributed by atoms with E-state index in [1.165, 1.54) is 4.90 Å².